The third-order valence-corrected chi connectivity index (χ3v) is 15.4. The average molecular weight is 578 g/mol. The topological polar surface area (TPSA) is 56.4 Å². The molecule has 0 aromatic heterocycles. The summed E-state index contributed by atoms with van der Waals surface area (Å²) < 4.78 is 37.7. The van der Waals surface area contributed by atoms with E-state index in [2.05, 4.69) is 86.7 Å². The second-order valence-electron chi connectivity index (χ2n) is 15.1. The summed E-state index contributed by atoms with van der Waals surface area (Å²) in [4.78, 5) is 5.17. The Morgan fingerprint density at radius 2 is 1.73 bits per heavy atom. The van der Waals surface area contributed by atoms with Gasteiger partial charge in [-0.2, -0.15) is 0 Å². The molecule has 7 atom stereocenters. The molecule has 2 saturated heterocycles. The molecular formula is C32H43N3O3SSi. The quantitative estimate of drug-likeness (QED) is 0.341. The van der Waals surface area contributed by atoms with Crippen LogP contribution >= 0.6 is 0 Å². The minimum Gasteiger partial charge on any atom is -0.365 e. The van der Waals surface area contributed by atoms with Crippen molar-refractivity contribution in [2.75, 3.05) is 28.6 Å². The van der Waals surface area contributed by atoms with E-state index < -0.39 is 18.1 Å². The van der Waals surface area contributed by atoms with E-state index in [1.54, 1.807) is 0 Å². The highest BCUT2D eigenvalue weighted by Crippen LogP contribution is 2.73. The number of anilines is 2. The molecule has 0 N–H and O–H groups in total. The van der Waals surface area contributed by atoms with Crippen molar-refractivity contribution in [1.29, 1.82) is 0 Å². The molecule has 2 spiro atoms. The molecule has 8 rings (SSSR count). The van der Waals surface area contributed by atoms with Gasteiger partial charge in [0.2, 0.25) is 10.0 Å². The maximum atomic E-state index is 14.6. The van der Waals surface area contributed by atoms with E-state index in [4.69, 9.17) is 4.74 Å². The zero-order chi connectivity index (χ0) is 28.0. The van der Waals surface area contributed by atoms with Gasteiger partial charge < -0.3 is 9.64 Å². The number of hydrogen-bond acceptors (Lipinski definition) is 5. The van der Waals surface area contributed by atoms with E-state index >= 15 is 0 Å². The number of piperidine rings is 1. The predicted octanol–water partition coefficient (Wildman–Crippen LogP) is 5.62. The summed E-state index contributed by atoms with van der Waals surface area (Å²) in [6.45, 7) is 12.3. The number of sulfonamides is 1. The molecule has 5 aliphatic heterocycles. The van der Waals surface area contributed by atoms with Crippen LogP contribution in [0.2, 0.25) is 25.7 Å². The fourth-order valence-electron chi connectivity index (χ4n) is 10.0. The smallest absolute Gasteiger partial charge is 0.236 e. The van der Waals surface area contributed by atoms with Gasteiger partial charge in [0.25, 0.3) is 0 Å². The highest BCUT2D eigenvalue weighted by Gasteiger charge is 2.77. The number of benzene rings is 2. The highest BCUT2D eigenvalue weighted by molar-refractivity contribution is 7.92. The molecule has 1 aliphatic carbocycles. The van der Waals surface area contributed by atoms with Crippen molar-refractivity contribution in [3.05, 3.63) is 59.2 Å². The van der Waals surface area contributed by atoms with Gasteiger partial charge in [-0.3, -0.25) is 4.90 Å². The Balaban J connectivity index is 1.44. The van der Waals surface area contributed by atoms with Gasteiger partial charge in [0, 0.05) is 38.8 Å². The van der Waals surface area contributed by atoms with Crippen LogP contribution in [0.3, 0.4) is 0 Å². The Morgan fingerprint density at radius 3 is 2.45 bits per heavy atom. The molecule has 40 heavy (non-hydrogen) atoms. The maximum Gasteiger partial charge on any atom is 0.236 e. The van der Waals surface area contributed by atoms with Gasteiger partial charge in [-0.15, -0.1) is 0 Å². The van der Waals surface area contributed by atoms with Crippen LogP contribution in [0, 0.1) is 0 Å². The highest BCUT2D eigenvalue weighted by atomic mass is 32.2. The summed E-state index contributed by atoms with van der Waals surface area (Å²) in [6.07, 6.45) is 4.31. The number of fused-ring (bicyclic) bond motifs is 1. The first-order chi connectivity index (χ1) is 18.9. The molecule has 5 heterocycles. The number of epoxide rings is 1. The molecule has 6 nitrogen and oxygen atoms in total. The largest absolute Gasteiger partial charge is 0.365 e. The van der Waals surface area contributed by atoms with Crippen molar-refractivity contribution in [3.63, 3.8) is 0 Å². The Bertz CT molecular complexity index is 1540. The van der Waals surface area contributed by atoms with Crippen LogP contribution in [0.5, 0.6) is 0 Å². The Kier molecular flexibility index (Phi) is 4.99. The Hall–Kier alpha value is -1.87. The van der Waals surface area contributed by atoms with Crippen LogP contribution < -0.4 is 9.21 Å². The average Bonchev–Trinajstić information content (AvgIpc) is 3.24. The van der Waals surface area contributed by atoms with Crippen molar-refractivity contribution in [2.45, 2.75) is 106 Å². The van der Waals surface area contributed by atoms with Crippen molar-refractivity contribution >= 4 is 29.5 Å². The van der Waals surface area contributed by atoms with E-state index in [1.807, 2.05) is 10.4 Å². The van der Waals surface area contributed by atoms with E-state index in [0.717, 1.165) is 37.5 Å². The molecule has 2 aromatic carbocycles. The zero-order valence-corrected chi connectivity index (χ0v) is 26.6. The second kappa shape index (κ2) is 7.74. The lowest BCUT2D eigenvalue weighted by Crippen LogP contribution is -2.74. The number of para-hydroxylation sites is 1. The number of likely N-dealkylation sites (N-methyl/N-ethyl adjacent to an activating group) is 1. The van der Waals surface area contributed by atoms with E-state index in [0.29, 0.717) is 6.04 Å². The first kappa shape index (κ1) is 25.8. The fraction of sp³-hybridized carbons (Fsp3) is 0.625. The number of nitrogens with zero attached hydrogens (tertiary/aromatic N) is 3. The number of rotatable bonds is 5. The summed E-state index contributed by atoms with van der Waals surface area (Å²) in [5, 5.41) is 0. The normalized spacial score (nSPS) is 38.1. The molecule has 1 unspecified atom stereocenters. The van der Waals surface area contributed by atoms with Crippen LogP contribution in [0.15, 0.2) is 42.5 Å². The van der Waals surface area contributed by atoms with Crippen molar-refractivity contribution < 1.29 is 13.2 Å². The monoisotopic (exact) mass is 577 g/mol. The van der Waals surface area contributed by atoms with Crippen LogP contribution in [0.25, 0.3) is 0 Å². The molecule has 214 valence electrons. The van der Waals surface area contributed by atoms with Crippen molar-refractivity contribution in [3.8, 4) is 0 Å². The van der Waals surface area contributed by atoms with Crippen LogP contribution in [0.1, 0.15) is 62.3 Å². The number of hydrogen-bond donors (Lipinski definition) is 0. The molecular weight excluding hydrogens is 535 g/mol. The lowest BCUT2D eigenvalue weighted by atomic mass is 9.49. The lowest BCUT2D eigenvalue weighted by molar-refractivity contribution is -0.0134. The summed E-state index contributed by atoms with van der Waals surface area (Å²) in [6, 6.07) is 16.7. The third-order valence-electron chi connectivity index (χ3n) is 11.6. The van der Waals surface area contributed by atoms with Gasteiger partial charge in [-0.05, 0) is 68.0 Å². The van der Waals surface area contributed by atoms with Gasteiger partial charge in [0.05, 0.1) is 28.5 Å². The Morgan fingerprint density at radius 1 is 1.00 bits per heavy atom. The minimum absolute atomic E-state index is 0.124. The first-order valence-electron chi connectivity index (χ1n) is 15.3. The van der Waals surface area contributed by atoms with Gasteiger partial charge in [0.15, 0.2) is 0 Å². The van der Waals surface area contributed by atoms with E-state index in [-0.39, 0.29) is 40.5 Å². The molecule has 0 amide bonds. The lowest BCUT2D eigenvalue weighted by Gasteiger charge is -2.64. The van der Waals surface area contributed by atoms with E-state index in [1.165, 1.54) is 28.8 Å². The summed E-state index contributed by atoms with van der Waals surface area (Å²) in [5.41, 5.74) is 5.66. The zero-order valence-electron chi connectivity index (χ0n) is 24.8. The predicted molar refractivity (Wildman–Crippen MR) is 164 cm³/mol. The maximum absolute atomic E-state index is 14.6. The second-order valence-corrected chi connectivity index (χ2v) is 22.7. The van der Waals surface area contributed by atoms with E-state index in [9.17, 15) is 8.42 Å². The molecule has 2 aromatic rings. The van der Waals surface area contributed by atoms with Gasteiger partial charge >= 0.3 is 0 Å². The number of ether oxygens (including phenoxy) is 1. The Labute approximate surface area is 240 Å². The minimum atomic E-state index is -3.57. The molecule has 0 radical (unpaired) electrons. The molecule has 2 bridgehead atoms. The fourth-order valence-corrected chi connectivity index (χ4v) is 14.8. The van der Waals surface area contributed by atoms with Gasteiger partial charge in [0.1, 0.15) is 12.3 Å². The summed E-state index contributed by atoms with van der Waals surface area (Å²) in [5.74, 6) is 0.218. The standard InChI is InChI=1S/C32H43N3O3SSi/c1-30(2)28(38-30)27-21-11-9-14-24-26(21)32-17-18-34(27)25-15-10-16-31(25,32)22-12-7-8-13-23(22)35(29(32)33(24)3)39(36,37)19-20-40(4,5)6/h7-9,11-14,25,27-29H,10,15-20H2,1-6H3/t25-,27-,28+,29-,31-,32-/m0/s1. The summed E-state index contributed by atoms with van der Waals surface area (Å²) >= 11 is 0. The molecule has 3 fully saturated rings. The van der Waals surface area contributed by atoms with Crippen LogP contribution in [-0.4, -0.2) is 64.6 Å². The SMILES string of the molecule is CN1c2cccc3c2[C@]24CCN([C@H]5CCC[C@]52c2ccccc2N(S(=O)(=O)CC[Si](C)(C)C)[C@H]14)[C@@H]3[C@H]1OC1(C)C. The molecule has 1 saturated carbocycles. The molecule has 6 aliphatic rings. The third kappa shape index (κ3) is 2.94. The first-order valence-corrected chi connectivity index (χ1v) is 20.6. The van der Waals surface area contributed by atoms with Gasteiger partial charge in [-0.1, -0.05) is 56.4 Å². The van der Waals surface area contributed by atoms with Crippen LogP contribution in [0.4, 0.5) is 11.4 Å². The molecule has 8 heteroatoms. The summed E-state index contributed by atoms with van der Waals surface area (Å²) in [7, 11) is -2.97. The van der Waals surface area contributed by atoms with Crippen molar-refractivity contribution in [2.24, 2.45) is 0 Å². The van der Waals surface area contributed by atoms with Crippen molar-refractivity contribution in [1.82, 2.24) is 4.90 Å². The van der Waals surface area contributed by atoms with Gasteiger partial charge in [-0.25, -0.2) is 12.7 Å². The van der Waals surface area contributed by atoms with Crippen LogP contribution in [-0.2, 0) is 25.6 Å².